The topological polar surface area (TPSA) is 36.1 Å². The Hall–Kier alpha value is -1.08. The van der Waals surface area contributed by atoms with Gasteiger partial charge in [0.15, 0.2) is 5.82 Å². The van der Waals surface area contributed by atoms with Crippen LogP contribution in [0, 0.1) is 17.1 Å². The summed E-state index contributed by atoms with van der Waals surface area (Å²) in [5.74, 6) is -0.631. The van der Waals surface area contributed by atoms with Gasteiger partial charge in [-0.15, -0.1) is 0 Å². The zero-order valence-electron chi connectivity index (χ0n) is 6.21. The van der Waals surface area contributed by atoms with E-state index in [0.717, 1.165) is 0 Å². The Kier molecular flexibility index (Phi) is 3.26. The van der Waals surface area contributed by atoms with Gasteiger partial charge in [-0.2, -0.15) is 10.3 Å². The molecule has 5 heteroatoms. The van der Waals surface area contributed by atoms with Crippen molar-refractivity contribution in [2.45, 2.75) is 0 Å². The van der Waals surface area contributed by atoms with E-state index in [2.05, 4.69) is 38.3 Å². The number of hydrogen-bond donors (Lipinski definition) is 0. The van der Waals surface area contributed by atoms with Gasteiger partial charge in [-0.05, 0) is 40.3 Å². The van der Waals surface area contributed by atoms with E-state index in [-0.39, 0.29) is 15.7 Å². The van der Waals surface area contributed by atoms with Crippen LogP contribution in [0.5, 0.6) is 0 Å². The Labute approximate surface area is 87.8 Å². The van der Waals surface area contributed by atoms with E-state index in [1.54, 1.807) is 6.07 Å². The van der Waals surface area contributed by atoms with Crippen molar-refractivity contribution in [2.24, 2.45) is 4.99 Å². The van der Waals surface area contributed by atoms with Gasteiger partial charge >= 0.3 is 0 Å². The minimum absolute atomic E-state index is 0.133. The first-order chi connectivity index (χ1) is 6.20. The third-order valence-electron chi connectivity index (χ3n) is 1.35. The maximum Gasteiger partial charge on any atom is 0.157 e. The van der Waals surface area contributed by atoms with Crippen LogP contribution in [0.1, 0.15) is 5.56 Å². The van der Waals surface area contributed by atoms with Crippen LogP contribution in [-0.2, 0) is 0 Å². The molecule has 0 aliphatic heterocycles. The highest BCUT2D eigenvalue weighted by Crippen LogP contribution is 2.26. The van der Waals surface area contributed by atoms with Crippen molar-refractivity contribution >= 4 is 39.0 Å². The summed E-state index contributed by atoms with van der Waals surface area (Å²) in [6.45, 7) is 0. The lowest BCUT2D eigenvalue weighted by molar-refractivity contribution is 0.617. The van der Waals surface area contributed by atoms with Crippen molar-refractivity contribution in [3.8, 4) is 6.07 Å². The van der Waals surface area contributed by atoms with E-state index >= 15 is 0 Å². The predicted octanol–water partition coefficient (Wildman–Crippen LogP) is 3.19. The summed E-state index contributed by atoms with van der Waals surface area (Å²) in [4.78, 5) is 3.56. The summed E-state index contributed by atoms with van der Waals surface area (Å²) in [5, 5.41) is 10.7. The van der Waals surface area contributed by atoms with Crippen LogP contribution in [0.4, 0.5) is 10.1 Å². The fourth-order valence-corrected chi connectivity index (χ4v) is 1.22. The molecule has 0 unspecified atom stereocenters. The minimum Gasteiger partial charge on any atom is -0.204 e. The lowest BCUT2D eigenvalue weighted by Gasteiger charge is -1.98. The number of nitriles is 1. The maximum atomic E-state index is 13.2. The lowest BCUT2D eigenvalue weighted by Crippen LogP contribution is -1.85. The summed E-state index contributed by atoms with van der Waals surface area (Å²) in [6, 6.07) is 4.66. The van der Waals surface area contributed by atoms with E-state index in [0.29, 0.717) is 0 Å². The molecule has 64 valence electrons. The van der Waals surface area contributed by atoms with Crippen molar-refractivity contribution in [3.63, 3.8) is 0 Å². The smallest absolute Gasteiger partial charge is 0.157 e. The van der Waals surface area contributed by atoms with Gasteiger partial charge in [-0.25, -0.2) is 4.39 Å². The molecule has 0 saturated carbocycles. The maximum absolute atomic E-state index is 13.2. The predicted molar refractivity (Wildman–Crippen MR) is 53.5 cm³/mol. The molecule has 0 N–H and O–H groups in total. The molecule has 2 nitrogen and oxygen atoms in total. The number of benzene rings is 1. The van der Waals surface area contributed by atoms with E-state index in [9.17, 15) is 4.39 Å². The van der Waals surface area contributed by atoms with Gasteiger partial charge in [0.2, 0.25) is 0 Å². The van der Waals surface area contributed by atoms with Crippen LogP contribution >= 0.6 is 28.1 Å². The molecule has 0 aliphatic rings. The highest BCUT2D eigenvalue weighted by atomic mass is 79.9. The van der Waals surface area contributed by atoms with Crippen LogP contribution in [0.25, 0.3) is 0 Å². The third-order valence-corrected chi connectivity index (χ3v) is 2.05. The standard InChI is InChI=1S/C8H2BrFN2S/c9-6-1-2-7(12-4-13)5(3-11)8(6)10/h1-2H. The second-order valence-corrected chi connectivity index (χ2v) is 3.11. The lowest BCUT2D eigenvalue weighted by atomic mass is 10.2. The SMILES string of the molecule is N#Cc1c(N=C=S)ccc(Br)c1F. The quantitative estimate of drug-likeness (QED) is 0.572. The van der Waals surface area contributed by atoms with Crippen LogP contribution in [0.3, 0.4) is 0 Å². The fourth-order valence-electron chi connectivity index (χ4n) is 0.789. The van der Waals surface area contributed by atoms with E-state index < -0.39 is 5.82 Å². The Morgan fingerprint density at radius 2 is 2.23 bits per heavy atom. The number of rotatable bonds is 1. The molecular weight excluding hydrogens is 255 g/mol. The fraction of sp³-hybridized carbons (Fsp3) is 0. The van der Waals surface area contributed by atoms with Gasteiger partial charge in [-0.3, -0.25) is 0 Å². The number of aliphatic imine (C=N–C) groups is 1. The Morgan fingerprint density at radius 3 is 2.77 bits per heavy atom. The van der Waals surface area contributed by atoms with Gasteiger partial charge < -0.3 is 0 Å². The molecule has 1 rings (SSSR count). The largest absolute Gasteiger partial charge is 0.204 e. The zero-order chi connectivity index (χ0) is 9.84. The summed E-state index contributed by atoms with van der Waals surface area (Å²) in [6.07, 6.45) is 0. The van der Waals surface area contributed by atoms with Gasteiger partial charge in [0.25, 0.3) is 0 Å². The third kappa shape index (κ3) is 1.99. The van der Waals surface area contributed by atoms with Gasteiger partial charge in [0.1, 0.15) is 11.6 Å². The van der Waals surface area contributed by atoms with Crippen LogP contribution in [0.15, 0.2) is 21.6 Å². The monoisotopic (exact) mass is 256 g/mol. The highest BCUT2D eigenvalue weighted by molar-refractivity contribution is 9.10. The second kappa shape index (κ2) is 4.24. The molecule has 13 heavy (non-hydrogen) atoms. The zero-order valence-corrected chi connectivity index (χ0v) is 8.62. The average Bonchev–Trinajstić information content (AvgIpc) is 2.12. The highest BCUT2D eigenvalue weighted by Gasteiger charge is 2.10. The minimum atomic E-state index is -0.631. The molecule has 0 spiro atoms. The van der Waals surface area contributed by atoms with Crippen LogP contribution < -0.4 is 0 Å². The van der Waals surface area contributed by atoms with E-state index in [4.69, 9.17) is 5.26 Å². The van der Waals surface area contributed by atoms with Crippen molar-refractivity contribution in [2.75, 3.05) is 0 Å². The van der Waals surface area contributed by atoms with Crippen LogP contribution in [0.2, 0.25) is 0 Å². The Bertz CT molecular complexity index is 433. The van der Waals surface area contributed by atoms with E-state index in [1.807, 2.05) is 0 Å². The number of thiocarbonyl (C=S) groups is 1. The second-order valence-electron chi connectivity index (χ2n) is 2.07. The Morgan fingerprint density at radius 1 is 1.54 bits per heavy atom. The molecule has 0 aliphatic carbocycles. The number of isothiocyanates is 1. The van der Waals surface area contributed by atoms with Crippen molar-refractivity contribution in [1.29, 1.82) is 5.26 Å². The number of halogens is 2. The summed E-state index contributed by atoms with van der Waals surface area (Å²) >= 11 is 7.32. The molecule has 0 heterocycles. The first-order valence-corrected chi connectivity index (χ1v) is 4.36. The molecule has 0 bridgehead atoms. The first-order valence-electron chi connectivity index (χ1n) is 3.16. The summed E-state index contributed by atoms with van der Waals surface area (Å²) in [5.41, 5.74) is 0.0601. The van der Waals surface area contributed by atoms with E-state index in [1.165, 1.54) is 12.1 Å². The molecule has 0 saturated heterocycles. The molecule has 0 radical (unpaired) electrons. The molecule has 1 aromatic rings. The Balaban J connectivity index is 3.49. The molecular formula is C8H2BrFN2S. The first kappa shape index (κ1) is 10.0. The number of hydrogen-bond acceptors (Lipinski definition) is 3. The van der Waals surface area contributed by atoms with Crippen molar-refractivity contribution in [1.82, 2.24) is 0 Å². The van der Waals surface area contributed by atoms with Crippen LogP contribution in [-0.4, -0.2) is 5.16 Å². The molecule has 0 atom stereocenters. The molecule has 0 amide bonds. The van der Waals surface area contributed by atoms with Gasteiger partial charge in [-0.1, -0.05) is 0 Å². The molecule has 1 aromatic carbocycles. The van der Waals surface area contributed by atoms with Crippen molar-refractivity contribution < 1.29 is 4.39 Å². The van der Waals surface area contributed by atoms with Crippen molar-refractivity contribution in [3.05, 3.63) is 28.0 Å². The molecule has 0 fully saturated rings. The van der Waals surface area contributed by atoms with Gasteiger partial charge in [0, 0.05) is 0 Å². The summed E-state index contributed by atoms with van der Waals surface area (Å²) in [7, 11) is 0. The van der Waals surface area contributed by atoms with Gasteiger partial charge in [0.05, 0.1) is 15.3 Å². The summed E-state index contributed by atoms with van der Waals surface area (Å²) < 4.78 is 13.4. The average molecular weight is 257 g/mol. The number of nitrogens with zero attached hydrogens (tertiary/aromatic N) is 2. The normalized spacial score (nSPS) is 8.69. The molecule has 0 aromatic heterocycles.